The van der Waals surface area contributed by atoms with E-state index in [2.05, 4.69) is 9.88 Å². The standard InChI is InChI=1S/C21H21FN2O2/c1-14-21(17-4-2-3-5-18(17)23-14)19(25)12-24-10-11-26-20(13-24)15-6-8-16(22)9-7-15/h2-9,20,23H,10-13H2,1H3. The van der Waals surface area contributed by atoms with E-state index < -0.39 is 0 Å². The van der Waals surface area contributed by atoms with Crippen molar-refractivity contribution in [3.05, 3.63) is 71.2 Å². The molecule has 134 valence electrons. The lowest BCUT2D eigenvalue weighted by Gasteiger charge is -2.32. The van der Waals surface area contributed by atoms with Crippen LogP contribution < -0.4 is 0 Å². The van der Waals surface area contributed by atoms with Gasteiger partial charge in [-0.3, -0.25) is 9.69 Å². The van der Waals surface area contributed by atoms with Gasteiger partial charge in [0.15, 0.2) is 5.78 Å². The Balaban J connectivity index is 1.50. The molecular weight excluding hydrogens is 331 g/mol. The summed E-state index contributed by atoms with van der Waals surface area (Å²) in [5.74, 6) is -0.147. The van der Waals surface area contributed by atoms with Crippen LogP contribution in [0.3, 0.4) is 0 Å². The average molecular weight is 352 g/mol. The number of nitrogens with one attached hydrogen (secondary N) is 1. The third-order valence-electron chi connectivity index (χ3n) is 4.93. The number of aromatic nitrogens is 1. The molecule has 1 saturated heterocycles. The zero-order valence-corrected chi connectivity index (χ0v) is 14.7. The van der Waals surface area contributed by atoms with E-state index in [4.69, 9.17) is 4.74 Å². The van der Waals surface area contributed by atoms with E-state index in [-0.39, 0.29) is 17.7 Å². The minimum Gasteiger partial charge on any atom is -0.371 e. The second-order valence-corrected chi connectivity index (χ2v) is 6.74. The van der Waals surface area contributed by atoms with Gasteiger partial charge in [-0.2, -0.15) is 0 Å². The van der Waals surface area contributed by atoms with Crippen LogP contribution in [0.4, 0.5) is 4.39 Å². The second-order valence-electron chi connectivity index (χ2n) is 6.74. The highest BCUT2D eigenvalue weighted by molar-refractivity contribution is 6.10. The normalized spacial score (nSPS) is 18.3. The maximum atomic E-state index is 13.1. The van der Waals surface area contributed by atoms with Gasteiger partial charge in [-0.25, -0.2) is 4.39 Å². The topological polar surface area (TPSA) is 45.3 Å². The van der Waals surface area contributed by atoms with Crippen molar-refractivity contribution in [3.8, 4) is 0 Å². The number of rotatable bonds is 4. The van der Waals surface area contributed by atoms with E-state index in [0.29, 0.717) is 26.2 Å². The molecule has 2 heterocycles. The Morgan fingerprint density at radius 2 is 2.00 bits per heavy atom. The van der Waals surface area contributed by atoms with Gasteiger partial charge in [0.1, 0.15) is 5.82 Å². The molecule has 0 bridgehead atoms. The number of Topliss-reactive ketones (excluding diaryl/α,β-unsaturated/α-hetero) is 1. The molecule has 0 amide bonds. The van der Waals surface area contributed by atoms with E-state index in [1.165, 1.54) is 12.1 Å². The predicted molar refractivity (Wildman–Crippen MR) is 98.9 cm³/mol. The molecule has 1 aliphatic heterocycles. The molecule has 5 heteroatoms. The fraction of sp³-hybridized carbons (Fsp3) is 0.286. The van der Waals surface area contributed by atoms with Crippen LogP contribution in [0, 0.1) is 12.7 Å². The molecule has 0 spiro atoms. The molecule has 1 atom stereocenters. The van der Waals surface area contributed by atoms with Crippen LogP contribution in [-0.4, -0.2) is 41.9 Å². The van der Waals surface area contributed by atoms with Crippen molar-refractivity contribution < 1.29 is 13.9 Å². The Bertz CT molecular complexity index is 933. The van der Waals surface area contributed by atoms with Crippen molar-refractivity contribution in [1.29, 1.82) is 0 Å². The van der Waals surface area contributed by atoms with Crippen LogP contribution in [0.2, 0.25) is 0 Å². The Labute approximate surface area is 151 Å². The van der Waals surface area contributed by atoms with Crippen LogP contribution in [-0.2, 0) is 4.74 Å². The number of hydrogen-bond acceptors (Lipinski definition) is 3. The van der Waals surface area contributed by atoms with Crippen molar-refractivity contribution in [2.45, 2.75) is 13.0 Å². The Hall–Kier alpha value is -2.50. The minimum atomic E-state index is -0.258. The number of ether oxygens (including phenoxy) is 1. The minimum absolute atomic E-state index is 0.111. The lowest BCUT2D eigenvalue weighted by Crippen LogP contribution is -2.41. The van der Waals surface area contributed by atoms with E-state index in [9.17, 15) is 9.18 Å². The zero-order valence-electron chi connectivity index (χ0n) is 14.7. The highest BCUT2D eigenvalue weighted by Crippen LogP contribution is 2.25. The lowest BCUT2D eigenvalue weighted by atomic mass is 10.0. The molecule has 1 fully saturated rings. The van der Waals surface area contributed by atoms with Gasteiger partial charge in [0.2, 0.25) is 0 Å². The number of hydrogen-bond donors (Lipinski definition) is 1. The number of aryl methyl sites for hydroxylation is 1. The Morgan fingerprint density at radius 3 is 2.81 bits per heavy atom. The van der Waals surface area contributed by atoms with Gasteiger partial charge in [0.25, 0.3) is 0 Å². The molecule has 0 saturated carbocycles. The summed E-state index contributed by atoms with van der Waals surface area (Å²) in [4.78, 5) is 18.3. The fourth-order valence-corrected chi connectivity index (χ4v) is 3.64. The smallest absolute Gasteiger partial charge is 0.179 e. The number of fused-ring (bicyclic) bond motifs is 1. The predicted octanol–water partition coefficient (Wildman–Crippen LogP) is 3.87. The summed E-state index contributed by atoms with van der Waals surface area (Å²) in [7, 11) is 0. The molecule has 4 rings (SSSR count). The number of aromatic amines is 1. The van der Waals surface area contributed by atoms with Gasteiger partial charge < -0.3 is 9.72 Å². The number of para-hydroxylation sites is 1. The Morgan fingerprint density at radius 1 is 1.23 bits per heavy atom. The summed E-state index contributed by atoms with van der Waals surface area (Å²) in [6.45, 7) is 4.18. The lowest BCUT2D eigenvalue weighted by molar-refractivity contribution is -0.0275. The van der Waals surface area contributed by atoms with E-state index in [1.54, 1.807) is 12.1 Å². The number of halogens is 1. The average Bonchev–Trinajstić information content (AvgIpc) is 2.98. The molecule has 1 aliphatic rings. The van der Waals surface area contributed by atoms with Crippen LogP contribution in [0.5, 0.6) is 0 Å². The molecule has 1 unspecified atom stereocenters. The van der Waals surface area contributed by atoms with Crippen molar-refractivity contribution in [1.82, 2.24) is 9.88 Å². The van der Waals surface area contributed by atoms with Gasteiger partial charge in [0.05, 0.1) is 19.3 Å². The molecule has 2 aromatic carbocycles. The van der Waals surface area contributed by atoms with Crippen LogP contribution in [0.15, 0.2) is 48.5 Å². The molecule has 4 nitrogen and oxygen atoms in total. The van der Waals surface area contributed by atoms with Crippen LogP contribution in [0.25, 0.3) is 10.9 Å². The van der Waals surface area contributed by atoms with Gasteiger partial charge >= 0.3 is 0 Å². The summed E-state index contributed by atoms with van der Waals surface area (Å²) in [6, 6.07) is 14.2. The maximum Gasteiger partial charge on any atom is 0.179 e. The summed E-state index contributed by atoms with van der Waals surface area (Å²) in [6.07, 6.45) is -0.138. The van der Waals surface area contributed by atoms with E-state index in [1.807, 2.05) is 31.2 Å². The number of morpholine rings is 1. The SMILES string of the molecule is Cc1[nH]c2ccccc2c1C(=O)CN1CCOC(c2ccc(F)cc2)C1. The van der Waals surface area contributed by atoms with Crippen molar-refractivity contribution in [2.24, 2.45) is 0 Å². The fourth-order valence-electron chi connectivity index (χ4n) is 3.64. The van der Waals surface area contributed by atoms with Crippen molar-refractivity contribution in [3.63, 3.8) is 0 Å². The Kier molecular flexibility index (Phi) is 4.57. The number of carbonyl (C=O) groups excluding carboxylic acids is 1. The van der Waals surface area contributed by atoms with Crippen LogP contribution in [0.1, 0.15) is 27.7 Å². The largest absolute Gasteiger partial charge is 0.371 e. The first kappa shape index (κ1) is 16.9. The highest BCUT2D eigenvalue weighted by atomic mass is 19.1. The van der Waals surface area contributed by atoms with Gasteiger partial charge in [-0.1, -0.05) is 30.3 Å². The third-order valence-corrected chi connectivity index (χ3v) is 4.93. The van der Waals surface area contributed by atoms with Gasteiger partial charge in [0, 0.05) is 35.2 Å². The summed E-state index contributed by atoms with van der Waals surface area (Å²) < 4.78 is 18.9. The third kappa shape index (κ3) is 3.28. The van der Waals surface area contributed by atoms with Gasteiger partial charge in [-0.05, 0) is 30.7 Å². The number of carbonyl (C=O) groups is 1. The first-order chi connectivity index (χ1) is 12.6. The van der Waals surface area contributed by atoms with Crippen molar-refractivity contribution >= 4 is 16.7 Å². The summed E-state index contributed by atoms with van der Waals surface area (Å²) in [5.41, 5.74) is 3.59. The van der Waals surface area contributed by atoms with Crippen LogP contribution >= 0.6 is 0 Å². The maximum absolute atomic E-state index is 13.1. The van der Waals surface area contributed by atoms with E-state index >= 15 is 0 Å². The molecule has 26 heavy (non-hydrogen) atoms. The highest BCUT2D eigenvalue weighted by Gasteiger charge is 2.25. The summed E-state index contributed by atoms with van der Waals surface area (Å²) >= 11 is 0. The van der Waals surface area contributed by atoms with Crippen molar-refractivity contribution in [2.75, 3.05) is 26.2 Å². The molecule has 1 N–H and O–H groups in total. The molecule has 0 radical (unpaired) electrons. The number of H-pyrrole nitrogens is 1. The summed E-state index contributed by atoms with van der Waals surface area (Å²) in [5, 5.41) is 0.971. The van der Waals surface area contributed by atoms with E-state index in [0.717, 1.165) is 27.7 Å². The molecule has 3 aromatic rings. The van der Waals surface area contributed by atoms with Gasteiger partial charge in [-0.15, -0.1) is 0 Å². The second kappa shape index (κ2) is 7.02. The molecule has 1 aromatic heterocycles. The molecular formula is C21H21FN2O2. The molecule has 0 aliphatic carbocycles. The first-order valence-corrected chi connectivity index (χ1v) is 8.82. The monoisotopic (exact) mass is 352 g/mol. The quantitative estimate of drug-likeness (QED) is 0.725. The first-order valence-electron chi connectivity index (χ1n) is 8.82. The number of benzene rings is 2. The number of nitrogens with zero attached hydrogens (tertiary/aromatic N) is 1. The zero-order chi connectivity index (χ0) is 18.1. The number of ketones is 1.